The number of aliphatic hydroxyl groups is 1. The predicted molar refractivity (Wildman–Crippen MR) is 101 cm³/mol. The van der Waals surface area contributed by atoms with E-state index in [-0.39, 0.29) is 19.6 Å². The number of nitrogens with zero attached hydrogens (tertiary/aromatic N) is 4. The summed E-state index contributed by atoms with van der Waals surface area (Å²) in [6.45, 7) is 1.43. The summed E-state index contributed by atoms with van der Waals surface area (Å²) in [5.41, 5.74) is 0.786. The van der Waals surface area contributed by atoms with Crippen LogP contribution in [-0.2, 0) is 4.79 Å². The van der Waals surface area contributed by atoms with Gasteiger partial charge in [-0.25, -0.2) is 9.97 Å². The number of hydrogen-bond acceptors (Lipinski definition) is 6. The van der Waals surface area contributed by atoms with Gasteiger partial charge < -0.3 is 20.2 Å². The van der Waals surface area contributed by atoms with E-state index in [9.17, 15) is 23.1 Å². The zero-order valence-corrected chi connectivity index (χ0v) is 15.6. The van der Waals surface area contributed by atoms with Gasteiger partial charge in [-0.05, 0) is 5.56 Å². The van der Waals surface area contributed by atoms with Crippen LogP contribution in [0.1, 0.15) is 18.1 Å². The third-order valence-corrected chi connectivity index (χ3v) is 4.62. The zero-order valence-electron chi connectivity index (χ0n) is 15.6. The van der Waals surface area contributed by atoms with Crippen LogP contribution in [0, 0.1) is 0 Å². The Morgan fingerprint density at radius 3 is 2.48 bits per heavy atom. The minimum Gasteiger partial charge on any atom is -0.387 e. The third-order valence-electron chi connectivity index (χ3n) is 4.62. The lowest BCUT2D eigenvalue weighted by atomic mass is 10.1. The van der Waals surface area contributed by atoms with Gasteiger partial charge in [0.05, 0.1) is 6.10 Å². The third kappa shape index (κ3) is 6.05. The van der Waals surface area contributed by atoms with Crippen molar-refractivity contribution in [3.05, 3.63) is 48.3 Å². The molecule has 7 nitrogen and oxygen atoms in total. The van der Waals surface area contributed by atoms with Gasteiger partial charge in [0.15, 0.2) is 0 Å². The molecule has 1 atom stereocenters. The van der Waals surface area contributed by atoms with E-state index in [1.165, 1.54) is 11.2 Å². The van der Waals surface area contributed by atoms with Crippen LogP contribution >= 0.6 is 0 Å². The molecular weight excluding hydrogens is 387 g/mol. The average Bonchev–Trinajstić information content (AvgIpc) is 2.72. The smallest absolute Gasteiger partial charge is 0.387 e. The Bertz CT molecular complexity index is 811. The summed E-state index contributed by atoms with van der Waals surface area (Å²) >= 11 is 0. The van der Waals surface area contributed by atoms with E-state index in [4.69, 9.17) is 0 Å². The molecule has 1 amide bonds. The normalized spacial score (nSPS) is 15.9. The molecule has 0 spiro atoms. The molecule has 1 aromatic carbocycles. The van der Waals surface area contributed by atoms with E-state index in [0.29, 0.717) is 24.7 Å². The van der Waals surface area contributed by atoms with Crippen LogP contribution in [0.25, 0.3) is 0 Å². The summed E-state index contributed by atoms with van der Waals surface area (Å²) in [5.74, 6) is 0.234. The highest BCUT2D eigenvalue weighted by atomic mass is 19.4. The van der Waals surface area contributed by atoms with Crippen molar-refractivity contribution in [3.8, 4) is 0 Å². The fourth-order valence-corrected chi connectivity index (χ4v) is 3.08. The van der Waals surface area contributed by atoms with Gasteiger partial charge in [0, 0.05) is 38.8 Å². The Morgan fingerprint density at radius 2 is 1.83 bits per heavy atom. The topological polar surface area (TPSA) is 81.6 Å². The van der Waals surface area contributed by atoms with Crippen LogP contribution in [0.15, 0.2) is 42.7 Å². The number of alkyl halides is 3. The van der Waals surface area contributed by atoms with Crippen LogP contribution in [0.3, 0.4) is 0 Å². The summed E-state index contributed by atoms with van der Waals surface area (Å²) < 4.78 is 37.2. The minimum absolute atomic E-state index is 0.203. The van der Waals surface area contributed by atoms with Gasteiger partial charge in [-0.15, -0.1) is 0 Å². The fourth-order valence-electron chi connectivity index (χ4n) is 3.08. The first kappa shape index (κ1) is 20.8. The highest BCUT2D eigenvalue weighted by Gasteiger charge is 2.34. The number of aliphatic hydroxyl groups excluding tert-OH is 1. The first-order valence-electron chi connectivity index (χ1n) is 9.20. The molecule has 3 rings (SSSR count). The Kier molecular flexibility index (Phi) is 6.53. The van der Waals surface area contributed by atoms with Crippen molar-refractivity contribution in [2.45, 2.75) is 18.7 Å². The van der Waals surface area contributed by atoms with Gasteiger partial charge in [-0.2, -0.15) is 13.2 Å². The number of halogens is 3. The second kappa shape index (κ2) is 9.08. The predicted octanol–water partition coefficient (Wildman–Crippen LogP) is 2.22. The first-order valence-corrected chi connectivity index (χ1v) is 9.20. The number of amides is 1. The van der Waals surface area contributed by atoms with E-state index in [1.807, 2.05) is 35.2 Å². The van der Waals surface area contributed by atoms with Gasteiger partial charge in [-0.1, -0.05) is 30.3 Å². The maximum Gasteiger partial charge on any atom is 0.397 e. The number of carbonyl (C=O) groups excluding carboxylic acids is 1. The number of rotatable bonds is 6. The average molecular weight is 409 g/mol. The molecule has 1 fully saturated rings. The molecule has 2 N–H and O–H groups in total. The molecule has 2 aromatic rings. The number of aromatic nitrogens is 2. The second-order valence-electron chi connectivity index (χ2n) is 6.73. The molecular formula is C19H22F3N5O2. The summed E-state index contributed by atoms with van der Waals surface area (Å²) in [5, 5.41) is 13.3. The van der Waals surface area contributed by atoms with Crippen LogP contribution in [0.4, 0.5) is 24.8 Å². The number of carbonyl (C=O) groups is 1. The minimum atomic E-state index is -4.49. The molecule has 1 aliphatic rings. The van der Waals surface area contributed by atoms with E-state index in [2.05, 4.69) is 15.3 Å². The highest BCUT2D eigenvalue weighted by Crippen LogP contribution is 2.22. The van der Waals surface area contributed by atoms with Crippen LogP contribution in [-0.4, -0.2) is 64.8 Å². The maximum atomic E-state index is 12.4. The Hall–Kier alpha value is -2.88. The quantitative estimate of drug-likeness (QED) is 0.762. The Balaban J connectivity index is 1.53. The molecule has 1 aliphatic heterocycles. The van der Waals surface area contributed by atoms with Crippen molar-refractivity contribution in [2.75, 3.05) is 42.9 Å². The first-order chi connectivity index (χ1) is 13.8. The molecule has 1 saturated heterocycles. The van der Waals surface area contributed by atoms with Gasteiger partial charge >= 0.3 is 6.18 Å². The molecule has 0 aliphatic carbocycles. The van der Waals surface area contributed by atoms with Gasteiger partial charge in [-0.3, -0.25) is 4.79 Å². The van der Waals surface area contributed by atoms with Gasteiger partial charge in [0.1, 0.15) is 24.4 Å². The van der Waals surface area contributed by atoms with Crippen molar-refractivity contribution < 1.29 is 23.1 Å². The van der Waals surface area contributed by atoms with Crippen molar-refractivity contribution in [3.63, 3.8) is 0 Å². The fraction of sp³-hybridized carbons (Fsp3) is 0.421. The lowest BCUT2D eigenvalue weighted by Crippen LogP contribution is -2.49. The summed E-state index contributed by atoms with van der Waals surface area (Å²) in [4.78, 5) is 23.2. The zero-order chi connectivity index (χ0) is 20.9. The van der Waals surface area contributed by atoms with Crippen LogP contribution in [0.2, 0.25) is 0 Å². The number of benzene rings is 1. The second-order valence-corrected chi connectivity index (χ2v) is 6.73. The Morgan fingerprint density at radius 1 is 1.14 bits per heavy atom. The largest absolute Gasteiger partial charge is 0.397 e. The molecule has 1 aromatic heterocycles. The van der Waals surface area contributed by atoms with Crippen molar-refractivity contribution >= 4 is 17.5 Å². The van der Waals surface area contributed by atoms with Crippen LogP contribution in [0.5, 0.6) is 0 Å². The summed E-state index contributed by atoms with van der Waals surface area (Å²) in [6, 6.07) is 10.9. The molecule has 0 saturated carbocycles. The highest BCUT2D eigenvalue weighted by molar-refractivity contribution is 5.77. The Labute approximate surface area is 166 Å². The van der Waals surface area contributed by atoms with Crippen molar-refractivity contribution in [2.24, 2.45) is 0 Å². The standard InChI is InChI=1S/C19H22F3N5O2/c20-19(21,22)11-18(29)27-8-6-26(7-9-27)17-10-16(24-13-25-17)23-12-15(28)14-4-2-1-3-5-14/h1-5,10,13,15,28H,6-9,11-12H2,(H,23,24,25). The maximum absolute atomic E-state index is 12.4. The van der Waals surface area contributed by atoms with E-state index >= 15 is 0 Å². The van der Waals surface area contributed by atoms with Gasteiger partial charge in [0.2, 0.25) is 5.91 Å². The lowest BCUT2D eigenvalue weighted by molar-refractivity contribution is -0.161. The molecule has 156 valence electrons. The van der Waals surface area contributed by atoms with E-state index in [0.717, 1.165) is 5.56 Å². The van der Waals surface area contributed by atoms with E-state index in [1.54, 1.807) is 6.07 Å². The number of piperazine rings is 1. The molecule has 0 radical (unpaired) electrons. The molecule has 10 heteroatoms. The molecule has 0 bridgehead atoms. The molecule has 1 unspecified atom stereocenters. The van der Waals surface area contributed by atoms with Crippen LogP contribution < -0.4 is 10.2 Å². The monoisotopic (exact) mass is 409 g/mol. The van der Waals surface area contributed by atoms with Gasteiger partial charge in [0.25, 0.3) is 0 Å². The molecule has 2 heterocycles. The number of anilines is 2. The lowest BCUT2D eigenvalue weighted by Gasteiger charge is -2.35. The van der Waals surface area contributed by atoms with E-state index < -0.39 is 24.6 Å². The number of nitrogens with one attached hydrogen (secondary N) is 1. The van der Waals surface area contributed by atoms with Crippen molar-refractivity contribution in [1.82, 2.24) is 14.9 Å². The summed E-state index contributed by atoms with van der Waals surface area (Å²) in [6.07, 6.45) is -5.24. The van der Waals surface area contributed by atoms with Crippen molar-refractivity contribution in [1.29, 1.82) is 0 Å². The molecule has 29 heavy (non-hydrogen) atoms. The number of hydrogen-bond donors (Lipinski definition) is 2. The summed E-state index contributed by atoms with van der Waals surface area (Å²) in [7, 11) is 0. The SMILES string of the molecule is O=C(CC(F)(F)F)N1CCN(c2cc(NCC(O)c3ccccc3)ncn2)CC1.